The first-order chi connectivity index (χ1) is 9.27. The Morgan fingerprint density at radius 1 is 1.32 bits per heavy atom. The lowest BCUT2D eigenvalue weighted by Crippen LogP contribution is -2.30. The van der Waals surface area contributed by atoms with Crippen molar-refractivity contribution in [3.05, 3.63) is 29.8 Å². The fraction of sp³-hybridized carbons (Fsp3) is 0.600. The molecule has 0 spiro atoms. The summed E-state index contributed by atoms with van der Waals surface area (Å²) in [6.45, 7) is 3.50. The molecular formula is C15H25NO2S. The fourth-order valence-electron chi connectivity index (χ4n) is 1.92. The van der Waals surface area contributed by atoms with Gasteiger partial charge >= 0.3 is 0 Å². The topological polar surface area (TPSA) is 41.5 Å². The molecule has 0 aromatic heterocycles. The molecule has 4 heteroatoms. The minimum absolute atomic E-state index is 0.296. The van der Waals surface area contributed by atoms with Crippen LogP contribution in [0.25, 0.3) is 0 Å². The van der Waals surface area contributed by atoms with Crippen molar-refractivity contribution in [3.63, 3.8) is 0 Å². The number of rotatable bonds is 10. The molecule has 0 radical (unpaired) electrons. The third-order valence-corrected chi connectivity index (χ3v) is 3.97. The van der Waals surface area contributed by atoms with Crippen molar-refractivity contribution in [1.82, 2.24) is 5.32 Å². The Labute approximate surface area is 120 Å². The summed E-state index contributed by atoms with van der Waals surface area (Å²) in [6, 6.07) is 8.61. The largest absolute Gasteiger partial charge is 0.496 e. The molecule has 0 amide bonds. The second-order valence-electron chi connectivity index (χ2n) is 4.56. The van der Waals surface area contributed by atoms with Crippen molar-refractivity contribution in [2.75, 3.05) is 31.8 Å². The molecule has 1 aromatic rings. The van der Waals surface area contributed by atoms with Gasteiger partial charge in [-0.2, -0.15) is 11.8 Å². The van der Waals surface area contributed by atoms with E-state index in [2.05, 4.69) is 24.4 Å². The first-order valence-corrected chi connectivity index (χ1v) is 7.97. The van der Waals surface area contributed by atoms with Gasteiger partial charge in [0.25, 0.3) is 0 Å². The second-order valence-corrected chi connectivity index (χ2v) is 5.79. The summed E-state index contributed by atoms with van der Waals surface area (Å²) in [5.74, 6) is 3.10. The quantitative estimate of drug-likeness (QED) is 0.647. The molecule has 0 aliphatic rings. The number of thioether (sulfide) groups is 1. The van der Waals surface area contributed by atoms with Gasteiger partial charge in [-0.05, 0) is 37.1 Å². The SMILES string of the molecule is COc1ccccc1CC(C)NCCSCCCO. The number of hydrogen-bond donors (Lipinski definition) is 2. The van der Waals surface area contributed by atoms with E-state index in [1.54, 1.807) is 7.11 Å². The number of aliphatic hydroxyl groups is 1. The van der Waals surface area contributed by atoms with E-state index in [0.717, 1.165) is 36.6 Å². The minimum Gasteiger partial charge on any atom is -0.496 e. The zero-order valence-electron chi connectivity index (χ0n) is 11.9. The van der Waals surface area contributed by atoms with Gasteiger partial charge in [-0.3, -0.25) is 0 Å². The molecule has 1 aromatic carbocycles. The number of para-hydroxylation sites is 1. The van der Waals surface area contributed by atoms with Crippen LogP contribution < -0.4 is 10.1 Å². The number of hydrogen-bond acceptors (Lipinski definition) is 4. The van der Waals surface area contributed by atoms with Crippen LogP contribution in [0.3, 0.4) is 0 Å². The lowest BCUT2D eigenvalue weighted by molar-refractivity contribution is 0.296. The molecule has 1 rings (SSSR count). The van der Waals surface area contributed by atoms with Crippen LogP contribution in [0.5, 0.6) is 5.75 Å². The maximum absolute atomic E-state index is 8.68. The highest BCUT2D eigenvalue weighted by atomic mass is 32.2. The molecule has 0 bridgehead atoms. The molecule has 0 fully saturated rings. The van der Waals surface area contributed by atoms with Crippen LogP contribution in [0.1, 0.15) is 18.9 Å². The predicted molar refractivity (Wildman–Crippen MR) is 83.2 cm³/mol. The molecule has 2 N–H and O–H groups in total. The Kier molecular flexibility index (Phi) is 8.71. The molecule has 0 saturated carbocycles. The molecule has 19 heavy (non-hydrogen) atoms. The summed E-state index contributed by atoms with van der Waals surface area (Å²) in [5.41, 5.74) is 1.25. The van der Waals surface area contributed by atoms with Crippen LogP contribution in [0.2, 0.25) is 0 Å². The maximum atomic E-state index is 8.68. The fourth-order valence-corrected chi connectivity index (χ4v) is 2.72. The van der Waals surface area contributed by atoms with E-state index in [0.29, 0.717) is 12.6 Å². The Hall–Kier alpha value is -0.710. The number of benzene rings is 1. The van der Waals surface area contributed by atoms with Gasteiger partial charge in [0.2, 0.25) is 0 Å². The molecule has 108 valence electrons. The Morgan fingerprint density at radius 2 is 2.11 bits per heavy atom. The van der Waals surface area contributed by atoms with E-state index < -0.39 is 0 Å². The van der Waals surface area contributed by atoms with Gasteiger partial charge in [0.05, 0.1) is 7.11 Å². The standard InChI is InChI=1S/C15H25NO2S/c1-13(16-8-11-19-10-5-9-17)12-14-6-3-4-7-15(14)18-2/h3-4,6-7,13,16-17H,5,8-12H2,1-2H3. The van der Waals surface area contributed by atoms with Gasteiger partial charge in [0.15, 0.2) is 0 Å². The van der Waals surface area contributed by atoms with Crippen LogP contribution >= 0.6 is 11.8 Å². The van der Waals surface area contributed by atoms with Crippen LogP contribution in [0.15, 0.2) is 24.3 Å². The first kappa shape index (κ1) is 16.3. The highest BCUT2D eigenvalue weighted by Crippen LogP contribution is 2.18. The first-order valence-electron chi connectivity index (χ1n) is 6.81. The molecule has 0 heterocycles. The van der Waals surface area contributed by atoms with E-state index in [1.807, 2.05) is 23.9 Å². The Bertz CT molecular complexity index is 347. The van der Waals surface area contributed by atoms with E-state index >= 15 is 0 Å². The number of aliphatic hydroxyl groups excluding tert-OH is 1. The smallest absolute Gasteiger partial charge is 0.122 e. The number of methoxy groups -OCH3 is 1. The number of ether oxygens (including phenoxy) is 1. The van der Waals surface area contributed by atoms with Crippen LogP contribution in [-0.4, -0.2) is 42.9 Å². The summed E-state index contributed by atoms with van der Waals surface area (Å²) in [7, 11) is 1.72. The normalized spacial score (nSPS) is 12.4. The Balaban J connectivity index is 2.21. The number of nitrogens with one attached hydrogen (secondary N) is 1. The summed E-state index contributed by atoms with van der Waals surface area (Å²) >= 11 is 1.89. The van der Waals surface area contributed by atoms with Gasteiger partial charge in [-0.15, -0.1) is 0 Å². The van der Waals surface area contributed by atoms with E-state index in [1.165, 1.54) is 5.56 Å². The molecule has 0 saturated heterocycles. The van der Waals surface area contributed by atoms with E-state index in [9.17, 15) is 0 Å². The van der Waals surface area contributed by atoms with Gasteiger partial charge in [-0.25, -0.2) is 0 Å². The highest BCUT2D eigenvalue weighted by Gasteiger charge is 2.06. The van der Waals surface area contributed by atoms with Crippen molar-refractivity contribution in [2.45, 2.75) is 25.8 Å². The minimum atomic E-state index is 0.296. The van der Waals surface area contributed by atoms with Gasteiger partial charge in [0.1, 0.15) is 5.75 Å². The Morgan fingerprint density at radius 3 is 2.84 bits per heavy atom. The van der Waals surface area contributed by atoms with Gasteiger partial charge in [0, 0.05) is 24.9 Å². The van der Waals surface area contributed by atoms with Crippen molar-refractivity contribution in [1.29, 1.82) is 0 Å². The lowest BCUT2D eigenvalue weighted by atomic mass is 10.1. The summed E-state index contributed by atoms with van der Waals surface area (Å²) < 4.78 is 5.36. The van der Waals surface area contributed by atoms with Crippen LogP contribution in [-0.2, 0) is 6.42 Å². The van der Waals surface area contributed by atoms with Crippen molar-refractivity contribution < 1.29 is 9.84 Å². The zero-order chi connectivity index (χ0) is 13.9. The summed E-state index contributed by atoms with van der Waals surface area (Å²) in [6.07, 6.45) is 1.87. The molecule has 1 atom stereocenters. The molecule has 1 unspecified atom stereocenters. The molecule has 0 aliphatic heterocycles. The van der Waals surface area contributed by atoms with Crippen molar-refractivity contribution in [3.8, 4) is 5.75 Å². The summed E-state index contributed by atoms with van der Waals surface area (Å²) in [4.78, 5) is 0. The molecule has 0 aliphatic carbocycles. The zero-order valence-corrected chi connectivity index (χ0v) is 12.7. The van der Waals surface area contributed by atoms with Crippen molar-refractivity contribution >= 4 is 11.8 Å². The van der Waals surface area contributed by atoms with Gasteiger partial charge in [-0.1, -0.05) is 18.2 Å². The highest BCUT2D eigenvalue weighted by molar-refractivity contribution is 7.99. The maximum Gasteiger partial charge on any atom is 0.122 e. The molecular weight excluding hydrogens is 258 g/mol. The second kappa shape index (κ2) is 10.1. The van der Waals surface area contributed by atoms with E-state index in [4.69, 9.17) is 9.84 Å². The summed E-state index contributed by atoms with van der Waals surface area (Å²) in [5, 5.41) is 12.2. The van der Waals surface area contributed by atoms with Gasteiger partial charge < -0.3 is 15.2 Å². The third-order valence-electron chi connectivity index (χ3n) is 2.90. The molecule has 3 nitrogen and oxygen atoms in total. The third kappa shape index (κ3) is 6.85. The van der Waals surface area contributed by atoms with Crippen LogP contribution in [0.4, 0.5) is 0 Å². The average Bonchev–Trinajstić information content (AvgIpc) is 2.43. The van der Waals surface area contributed by atoms with E-state index in [-0.39, 0.29) is 0 Å². The average molecular weight is 283 g/mol. The van der Waals surface area contributed by atoms with Crippen molar-refractivity contribution in [2.24, 2.45) is 0 Å². The lowest BCUT2D eigenvalue weighted by Gasteiger charge is -2.15. The van der Waals surface area contributed by atoms with Crippen LogP contribution in [0, 0.1) is 0 Å². The predicted octanol–water partition coefficient (Wildman–Crippen LogP) is 2.33. The monoisotopic (exact) mass is 283 g/mol.